The van der Waals surface area contributed by atoms with Crippen molar-refractivity contribution in [2.75, 3.05) is 13.1 Å². The fourth-order valence-electron chi connectivity index (χ4n) is 3.54. The van der Waals surface area contributed by atoms with E-state index in [1.54, 1.807) is 0 Å². The van der Waals surface area contributed by atoms with Crippen LogP contribution in [-0.4, -0.2) is 29.9 Å². The van der Waals surface area contributed by atoms with Gasteiger partial charge in [0.15, 0.2) is 0 Å². The van der Waals surface area contributed by atoms with Crippen molar-refractivity contribution in [2.45, 2.75) is 70.8 Å². The molecule has 0 aromatic carbocycles. The Morgan fingerprint density at radius 2 is 1.78 bits per heavy atom. The van der Waals surface area contributed by atoms with Crippen molar-refractivity contribution in [3.63, 3.8) is 0 Å². The first-order chi connectivity index (χ1) is 8.61. The molecule has 0 aromatic rings. The van der Waals surface area contributed by atoms with Crippen LogP contribution in [0.1, 0.15) is 64.7 Å². The van der Waals surface area contributed by atoms with Gasteiger partial charge in [-0.3, -0.25) is 4.79 Å². The fraction of sp³-hybridized carbons (Fsp3) is 0.933. The first-order valence-corrected chi connectivity index (χ1v) is 7.65. The van der Waals surface area contributed by atoms with Crippen LogP contribution in [-0.2, 0) is 4.79 Å². The third-order valence-electron chi connectivity index (χ3n) is 4.90. The molecule has 1 spiro atoms. The van der Waals surface area contributed by atoms with Crippen molar-refractivity contribution in [1.29, 1.82) is 0 Å². The van der Waals surface area contributed by atoms with Gasteiger partial charge in [0, 0.05) is 25.6 Å². The van der Waals surface area contributed by atoms with Gasteiger partial charge in [-0.05, 0) is 44.4 Å². The van der Waals surface area contributed by atoms with Gasteiger partial charge < -0.3 is 10.6 Å². The second kappa shape index (κ2) is 6.05. The molecule has 1 heterocycles. The number of carbonyl (C=O) groups excluding carboxylic acids is 1. The normalized spacial score (nSPS) is 25.1. The van der Waals surface area contributed by atoms with E-state index in [1.807, 2.05) is 6.92 Å². The number of amides is 1. The summed E-state index contributed by atoms with van der Waals surface area (Å²) in [5.74, 6) is 0.318. The summed E-state index contributed by atoms with van der Waals surface area (Å²) in [7, 11) is 0. The zero-order chi connectivity index (χ0) is 13.0. The molecule has 1 unspecified atom stereocenters. The van der Waals surface area contributed by atoms with Crippen LogP contribution in [0.4, 0.5) is 0 Å². The molecule has 1 saturated carbocycles. The van der Waals surface area contributed by atoms with Crippen molar-refractivity contribution < 1.29 is 4.79 Å². The second-order valence-corrected chi connectivity index (χ2v) is 6.46. The number of hydrogen-bond donors (Lipinski definition) is 1. The minimum atomic E-state index is 0.142. The van der Waals surface area contributed by atoms with E-state index in [2.05, 4.69) is 4.90 Å². The number of carbonyl (C=O) groups is 1. The molecule has 0 radical (unpaired) electrons. The largest absolute Gasteiger partial charge is 0.343 e. The molecule has 1 atom stereocenters. The van der Waals surface area contributed by atoms with Crippen LogP contribution in [0, 0.1) is 5.41 Å². The molecule has 2 N–H and O–H groups in total. The number of nitrogens with two attached hydrogens (primary N) is 1. The van der Waals surface area contributed by atoms with E-state index >= 15 is 0 Å². The third-order valence-corrected chi connectivity index (χ3v) is 4.90. The smallest absolute Gasteiger partial charge is 0.222 e. The highest BCUT2D eigenvalue weighted by Gasteiger charge is 2.36. The van der Waals surface area contributed by atoms with Crippen LogP contribution < -0.4 is 5.73 Å². The number of piperidine rings is 1. The van der Waals surface area contributed by atoms with Crippen LogP contribution in [0.25, 0.3) is 0 Å². The lowest BCUT2D eigenvalue weighted by Crippen LogP contribution is -2.44. The molecule has 1 saturated heterocycles. The van der Waals surface area contributed by atoms with Crippen LogP contribution in [0.5, 0.6) is 0 Å². The maximum absolute atomic E-state index is 12.0. The summed E-state index contributed by atoms with van der Waals surface area (Å²) in [5.41, 5.74) is 6.30. The fourth-order valence-corrected chi connectivity index (χ4v) is 3.54. The first-order valence-electron chi connectivity index (χ1n) is 7.65. The quantitative estimate of drug-likeness (QED) is 0.839. The number of rotatable bonds is 3. The highest BCUT2D eigenvalue weighted by molar-refractivity contribution is 5.76. The molecule has 3 heteroatoms. The van der Waals surface area contributed by atoms with E-state index in [9.17, 15) is 4.79 Å². The Hall–Kier alpha value is -0.570. The van der Waals surface area contributed by atoms with Gasteiger partial charge in [0.1, 0.15) is 0 Å². The molecule has 2 rings (SSSR count). The Balaban J connectivity index is 1.77. The SMILES string of the molecule is CC(N)CCC(=O)N1CCC2(CCCCC2)CC1. The summed E-state index contributed by atoms with van der Waals surface area (Å²) >= 11 is 0. The Kier molecular flexibility index (Phi) is 4.66. The van der Waals surface area contributed by atoms with Crippen molar-refractivity contribution in [3.8, 4) is 0 Å². The van der Waals surface area contributed by atoms with E-state index in [4.69, 9.17) is 5.73 Å². The van der Waals surface area contributed by atoms with E-state index in [0.717, 1.165) is 19.5 Å². The second-order valence-electron chi connectivity index (χ2n) is 6.46. The van der Waals surface area contributed by atoms with Gasteiger partial charge in [-0.15, -0.1) is 0 Å². The monoisotopic (exact) mass is 252 g/mol. The van der Waals surface area contributed by atoms with Gasteiger partial charge in [0.2, 0.25) is 5.91 Å². The molecule has 1 aliphatic heterocycles. The topological polar surface area (TPSA) is 46.3 Å². The van der Waals surface area contributed by atoms with E-state index in [0.29, 0.717) is 17.7 Å². The summed E-state index contributed by atoms with van der Waals surface area (Å²) < 4.78 is 0. The summed E-state index contributed by atoms with van der Waals surface area (Å²) in [6.07, 6.45) is 10.9. The predicted molar refractivity (Wildman–Crippen MR) is 74.2 cm³/mol. The maximum atomic E-state index is 12.0. The molecule has 0 aromatic heterocycles. The molecule has 2 fully saturated rings. The van der Waals surface area contributed by atoms with E-state index < -0.39 is 0 Å². The average Bonchev–Trinajstić information content (AvgIpc) is 2.38. The summed E-state index contributed by atoms with van der Waals surface area (Å²) in [6, 6.07) is 0.142. The number of hydrogen-bond acceptors (Lipinski definition) is 2. The van der Waals surface area contributed by atoms with Gasteiger partial charge in [0.25, 0.3) is 0 Å². The predicted octanol–water partition coefficient (Wildman–Crippen LogP) is 2.69. The molecule has 18 heavy (non-hydrogen) atoms. The number of nitrogens with zero attached hydrogens (tertiary/aromatic N) is 1. The van der Waals surface area contributed by atoms with Crippen molar-refractivity contribution >= 4 is 5.91 Å². The minimum absolute atomic E-state index is 0.142. The zero-order valence-electron chi connectivity index (χ0n) is 11.8. The molecule has 104 valence electrons. The molecule has 1 amide bonds. The van der Waals surface area contributed by atoms with Crippen molar-refractivity contribution in [2.24, 2.45) is 11.1 Å². The maximum Gasteiger partial charge on any atom is 0.222 e. The minimum Gasteiger partial charge on any atom is -0.343 e. The lowest BCUT2D eigenvalue weighted by Gasteiger charge is -2.44. The Morgan fingerprint density at radius 1 is 1.17 bits per heavy atom. The first kappa shape index (κ1) is 13.9. The van der Waals surface area contributed by atoms with E-state index in [-0.39, 0.29) is 6.04 Å². The van der Waals surface area contributed by atoms with Gasteiger partial charge in [-0.1, -0.05) is 19.3 Å². The standard InChI is InChI=1S/C15H28N2O/c1-13(16)5-6-14(18)17-11-9-15(10-12-17)7-3-2-4-8-15/h13H,2-12,16H2,1H3. The molecular weight excluding hydrogens is 224 g/mol. The lowest BCUT2D eigenvalue weighted by molar-refractivity contribution is -0.134. The van der Waals surface area contributed by atoms with Gasteiger partial charge in [0.05, 0.1) is 0 Å². The molecular formula is C15H28N2O. The summed E-state index contributed by atoms with van der Waals surface area (Å²) in [5, 5.41) is 0. The molecule has 0 bridgehead atoms. The van der Waals surface area contributed by atoms with E-state index in [1.165, 1.54) is 44.9 Å². The Morgan fingerprint density at radius 3 is 2.33 bits per heavy atom. The molecule has 1 aliphatic carbocycles. The zero-order valence-corrected chi connectivity index (χ0v) is 11.8. The number of likely N-dealkylation sites (tertiary alicyclic amines) is 1. The Bertz CT molecular complexity index is 272. The van der Waals surface area contributed by atoms with Gasteiger partial charge >= 0.3 is 0 Å². The third kappa shape index (κ3) is 3.47. The van der Waals surface area contributed by atoms with Crippen LogP contribution in [0.15, 0.2) is 0 Å². The highest BCUT2D eigenvalue weighted by atomic mass is 16.2. The van der Waals surface area contributed by atoms with Crippen molar-refractivity contribution in [3.05, 3.63) is 0 Å². The summed E-state index contributed by atoms with van der Waals surface area (Å²) in [6.45, 7) is 3.94. The summed E-state index contributed by atoms with van der Waals surface area (Å²) in [4.78, 5) is 14.1. The van der Waals surface area contributed by atoms with Gasteiger partial charge in [-0.25, -0.2) is 0 Å². The molecule has 2 aliphatic rings. The van der Waals surface area contributed by atoms with Crippen LogP contribution in [0.2, 0.25) is 0 Å². The highest BCUT2D eigenvalue weighted by Crippen LogP contribution is 2.44. The Labute approximate surface area is 111 Å². The molecule has 3 nitrogen and oxygen atoms in total. The van der Waals surface area contributed by atoms with Crippen LogP contribution >= 0.6 is 0 Å². The van der Waals surface area contributed by atoms with Gasteiger partial charge in [-0.2, -0.15) is 0 Å². The average molecular weight is 252 g/mol. The van der Waals surface area contributed by atoms with Crippen LogP contribution in [0.3, 0.4) is 0 Å². The van der Waals surface area contributed by atoms with Crippen molar-refractivity contribution in [1.82, 2.24) is 4.90 Å². The lowest BCUT2D eigenvalue weighted by atomic mass is 9.68.